The summed E-state index contributed by atoms with van der Waals surface area (Å²) in [4.78, 5) is 0. The zero-order valence-corrected chi connectivity index (χ0v) is 6.85. The normalized spacial score (nSPS) is 16.8. The first-order valence-corrected chi connectivity index (χ1v) is 2.55. The van der Waals surface area contributed by atoms with Crippen molar-refractivity contribution >= 4 is 0 Å². The molecular formula is C7H9Ti-. The van der Waals surface area contributed by atoms with E-state index in [9.17, 15) is 0 Å². The van der Waals surface area contributed by atoms with E-state index < -0.39 is 0 Å². The van der Waals surface area contributed by atoms with E-state index in [4.69, 9.17) is 0 Å². The molecule has 1 aliphatic carbocycles. The summed E-state index contributed by atoms with van der Waals surface area (Å²) >= 11 is 0. The van der Waals surface area contributed by atoms with Gasteiger partial charge in [-0.05, 0) is 0 Å². The fourth-order valence-corrected chi connectivity index (χ4v) is 0.745. The molecule has 1 aliphatic rings. The van der Waals surface area contributed by atoms with Crippen molar-refractivity contribution in [3.05, 3.63) is 23.3 Å². The van der Waals surface area contributed by atoms with Crippen LogP contribution in [0.25, 0.3) is 0 Å². The third-order valence-corrected chi connectivity index (χ3v) is 1.12. The molecule has 0 nitrogen and oxygen atoms in total. The Kier molecular flexibility index (Phi) is 3.34. The fourth-order valence-electron chi connectivity index (χ4n) is 0.745. The Hall–Kier alpha value is 0.194. The van der Waals surface area contributed by atoms with Gasteiger partial charge < -0.3 is 0 Å². The summed E-state index contributed by atoms with van der Waals surface area (Å²) in [5.41, 5.74) is 2.65. The zero-order chi connectivity index (χ0) is 5.28. The Balaban J connectivity index is 0.000000490. The molecule has 1 heteroatoms. The van der Waals surface area contributed by atoms with E-state index in [1.165, 1.54) is 11.1 Å². The van der Waals surface area contributed by atoms with Crippen molar-refractivity contribution in [2.45, 2.75) is 20.3 Å². The van der Waals surface area contributed by atoms with Gasteiger partial charge in [-0.1, -0.05) is 20.3 Å². The van der Waals surface area contributed by atoms with Crippen LogP contribution in [-0.4, -0.2) is 0 Å². The average Bonchev–Trinajstić information content (AvgIpc) is 1.87. The monoisotopic (exact) mass is 141 g/mol. The minimum Gasteiger partial charge on any atom is -0.250 e. The molecule has 0 N–H and O–H groups in total. The van der Waals surface area contributed by atoms with Crippen molar-refractivity contribution in [1.29, 1.82) is 0 Å². The summed E-state index contributed by atoms with van der Waals surface area (Å²) in [7, 11) is 0. The van der Waals surface area contributed by atoms with Crippen molar-refractivity contribution in [2.24, 2.45) is 0 Å². The van der Waals surface area contributed by atoms with Crippen LogP contribution in [0.5, 0.6) is 0 Å². The van der Waals surface area contributed by atoms with Gasteiger partial charge in [0.25, 0.3) is 0 Å². The molecule has 0 fully saturated rings. The van der Waals surface area contributed by atoms with E-state index in [1.54, 1.807) is 0 Å². The van der Waals surface area contributed by atoms with Crippen molar-refractivity contribution in [2.75, 3.05) is 0 Å². The van der Waals surface area contributed by atoms with E-state index in [0.29, 0.717) is 0 Å². The average molecular weight is 141 g/mol. The molecule has 8 heavy (non-hydrogen) atoms. The molecule has 0 atom stereocenters. The van der Waals surface area contributed by atoms with Crippen molar-refractivity contribution in [1.82, 2.24) is 0 Å². The maximum atomic E-state index is 3.19. The Bertz CT molecular complexity index is 131. The van der Waals surface area contributed by atoms with Crippen LogP contribution in [0.15, 0.2) is 17.2 Å². The second-order valence-corrected chi connectivity index (χ2v) is 2.00. The van der Waals surface area contributed by atoms with Gasteiger partial charge in [-0.25, -0.2) is 11.6 Å². The van der Waals surface area contributed by atoms with E-state index in [1.807, 2.05) is 0 Å². The molecule has 0 unspecified atom stereocenters. The standard InChI is InChI=1S/C7H9.Ti/c1-6-3-4-7(2)5-6;/h3H,4H2,1-2H3;/q-1;. The Morgan fingerprint density at radius 3 is 2.25 bits per heavy atom. The largest absolute Gasteiger partial charge is 0.250 e. The second kappa shape index (κ2) is 3.27. The predicted octanol–water partition coefficient (Wildman–Crippen LogP) is 2.08. The molecule has 0 aromatic rings. The SMILES string of the molecule is CC1=[C-]C(C)=CC1.[Ti]. The van der Waals surface area contributed by atoms with Crippen LogP contribution < -0.4 is 0 Å². The van der Waals surface area contributed by atoms with E-state index >= 15 is 0 Å². The predicted molar refractivity (Wildman–Crippen MR) is 30.8 cm³/mol. The summed E-state index contributed by atoms with van der Waals surface area (Å²) in [6, 6.07) is 0. The summed E-state index contributed by atoms with van der Waals surface area (Å²) in [5.74, 6) is 0. The minimum absolute atomic E-state index is 0. The Morgan fingerprint density at radius 2 is 2.12 bits per heavy atom. The van der Waals surface area contributed by atoms with Gasteiger partial charge in [-0.15, -0.1) is 0 Å². The third kappa shape index (κ3) is 1.98. The molecule has 0 amide bonds. The van der Waals surface area contributed by atoms with Gasteiger partial charge in [-0.2, -0.15) is 5.57 Å². The molecular weight excluding hydrogens is 132 g/mol. The van der Waals surface area contributed by atoms with Crippen LogP contribution in [-0.2, 0) is 21.7 Å². The van der Waals surface area contributed by atoms with Crippen LogP contribution in [0.2, 0.25) is 0 Å². The second-order valence-electron chi connectivity index (χ2n) is 2.00. The molecule has 0 heterocycles. The maximum Gasteiger partial charge on any atom is 0 e. The van der Waals surface area contributed by atoms with Crippen LogP contribution in [0.3, 0.4) is 0 Å². The summed E-state index contributed by atoms with van der Waals surface area (Å²) < 4.78 is 0. The first-order chi connectivity index (χ1) is 3.29. The van der Waals surface area contributed by atoms with Crippen molar-refractivity contribution in [3.8, 4) is 0 Å². The molecule has 0 radical (unpaired) electrons. The van der Waals surface area contributed by atoms with Crippen molar-refractivity contribution in [3.63, 3.8) is 0 Å². The van der Waals surface area contributed by atoms with E-state index in [0.717, 1.165) is 6.42 Å². The first kappa shape index (κ1) is 8.19. The molecule has 0 saturated carbocycles. The van der Waals surface area contributed by atoms with Gasteiger partial charge in [0, 0.05) is 21.7 Å². The van der Waals surface area contributed by atoms with Crippen LogP contribution in [0.4, 0.5) is 0 Å². The molecule has 0 aromatic heterocycles. The van der Waals surface area contributed by atoms with Gasteiger partial charge in [0.1, 0.15) is 0 Å². The zero-order valence-electron chi connectivity index (χ0n) is 5.28. The van der Waals surface area contributed by atoms with Crippen LogP contribution in [0, 0.1) is 6.08 Å². The summed E-state index contributed by atoms with van der Waals surface area (Å²) in [6.45, 7) is 4.18. The molecule has 0 saturated heterocycles. The van der Waals surface area contributed by atoms with Crippen molar-refractivity contribution < 1.29 is 21.7 Å². The van der Waals surface area contributed by atoms with E-state index in [2.05, 4.69) is 26.0 Å². The third-order valence-electron chi connectivity index (χ3n) is 1.12. The minimum atomic E-state index is 0. The smallest absolute Gasteiger partial charge is 0 e. The first-order valence-electron chi connectivity index (χ1n) is 2.55. The molecule has 0 spiro atoms. The van der Waals surface area contributed by atoms with Crippen LogP contribution in [0.1, 0.15) is 20.3 Å². The van der Waals surface area contributed by atoms with Gasteiger partial charge in [0.2, 0.25) is 0 Å². The topological polar surface area (TPSA) is 0 Å². The number of allylic oxidation sites excluding steroid dienone is 4. The quantitative estimate of drug-likeness (QED) is 0.358. The Labute approximate surface area is 65.6 Å². The number of hydrogen-bond acceptors (Lipinski definition) is 0. The number of rotatable bonds is 0. The van der Waals surface area contributed by atoms with E-state index in [-0.39, 0.29) is 21.7 Å². The van der Waals surface area contributed by atoms with Crippen LogP contribution >= 0.6 is 0 Å². The molecule has 0 aromatic carbocycles. The van der Waals surface area contributed by atoms with Gasteiger partial charge in [-0.3, -0.25) is 6.08 Å². The fraction of sp³-hybridized carbons (Fsp3) is 0.429. The van der Waals surface area contributed by atoms with Gasteiger partial charge in [0.05, 0.1) is 0 Å². The molecule has 42 valence electrons. The maximum absolute atomic E-state index is 3.19. The number of hydrogen-bond donors (Lipinski definition) is 0. The summed E-state index contributed by atoms with van der Waals surface area (Å²) in [5, 5.41) is 0. The van der Waals surface area contributed by atoms with Gasteiger partial charge in [0.15, 0.2) is 0 Å². The molecule has 1 rings (SSSR count). The Morgan fingerprint density at radius 1 is 1.50 bits per heavy atom. The summed E-state index contributed by atoms with van der Waals surface area (Å²) in [6.07, 6.45) is 6.50. The van der Waals surface area contributed by atoms with Gasteiger partial charge >= 0.3 is 0 Å². The molecule has 0 aliphatic heterocycles. The molecule has 0 bridgehead atoms.